The van der Waals surface area contributed by atoms with Crippen molar-refractivity contribution in [1.82, 2.24) is 5.16 Å². The van der Waals surface area contributed by atoms with Gasteiger partial charge in [-0.3, -0.25) is 4.79 Å². The number of rotatable bonds is 3. The highest BCUT2D eigenvalue weighted by atomic mass is 16.5. The van der Waals surface area contributed by atoms with Gasteiger partial charge in [-0.05, 0) is 5.56 Å². The summed E-state index contributed by atoms with van der Waals surface area (Å²) < 4.78 is 4.55. The van der Waals surface area contributed by atoms with Gasteiger partial charge >= 0.3 is 5.63 Å². The molecule has 0 fully saturated rings. The zero-order chi connectivity index (χ0) is 10.7. The standard InChI is InChI=1S/C11H9NO3/c13-7-9-10(12-15-11(9)14)6-8-4-2-1-3-5-8/h1-5,7,12H,6H2. The summed E-state index contributed by atoms with van der Waals surface area (Å²) in [5.74, 6) is 0. The molecule has 0 radical (unpaired) electrons. The van der Waals surface area contributed by atoms with E-state index in [1.165, 1.54) is 0 Å². The first-order chi connectivity index (χ1) is 7.31. The number of aromatic amines is 1. The van der Waals surface area contributed by atoms with Gasteiger partial charge in [0.25, 0.3) is 0 Å². The summed E-state index contributed by atoms with van der Waals surface area (Å²) in [6, 6.07) is 9.53. The van der Waals surface area contributed by atoms with Crippen LogP contribution in [0.4, 0.5) is 0 Å². The Morgan fingerprint density at radius 3 is 2.67 bits per heavy atom. The van der Waals surface area contributed by atoms with Crippen molar-refractivity contribution in [3.05, 3.63) is 57.6 Å². The van der Waals surface area contributed by atoms with E-state index in [4.69, 9.17) is 0 Å². The number of aldehydes is 1. The molecule has 0 aliphatic carbocycles. The van der Waals surface area contributed by atoms with Gasteiger partial charge in [0.15, 0.2) is 6.29 Å². The molecule has 0 aliphatic heterocycles. The fraction of sp³-hybridized carbons (Fsp3) is 0.0909. The third kappa shape index (κ3) is 1.88. The predicted octanol–water partition coefficient (Wildman–Crippen LogP) is 1.37. The van der Waals surface area contributed by atoms with Crippen LogP contribution >= 0.6 is 0 Å². The van der Waals surface area contributed by atoms with Crippen molar-refractivity contribution in [2.45, 2.75) is 6.42 Å². The van der Waals surface area contributed by atoms with Gasteiger partial charge in [0.2, 0.25) is 0 Å². The molecule has 0 spiro atoms. The van der Waals surface area contributed by atoms with Crippen LogP contribution in [-0.4, -0.2) is 11.4 Å². The summed E-state index contributed by atoms with van der Waals surface area (Å²) >= 11 is 0. The van der Waals surface area contributed by atoms with Crippen molar-refractivity contribution in [1.29, 1.82) is 0 Å². The first kappa shape index (κ1) is 9.45. The number of carbonyl (C=O) groups is 1. The Labute approximate surface area is 85.5 Å². The third-order valence-corrected chi connectivity index (χ3v) is 2.15. The molecule has 4 nitrogen and oxygen atoms in total. The number of hydrogen-bond acceptors (Lipinski definition) is 3. The van der Waals surface area contributed by atoms with Crippen molar-refractivity contribution < 1.29 is 9.32 Å². The van der Waals surface area contributed by atoms with Gasteiger partial charge in [0.05, 0.1) is 5.69 Å². The molecule has 0 atom stereocenters. The number of hydrogen-bond donors (Lipinski definition) is 1. The maximum atomic E-state index is 11.0. The Bertz CT molecular complexity index is 510. The molecule has 2 aromatic rings. The van der Waals surface area contributed by atoms with E-state index >= 15 is 0 Å². The Kier molecular flexibility index (Phi) is 2.49. The molecule has 0 saturated carbocycles. The lowest BCUT2D eigenvalue weighted by atomic mass is 10.1. The van der Waals surface area contributed by atoms with Gasteiger partial charge < -0.3 is 4.52 Å². The molecule has 4 heteroatoms. The smallest absolute Gasteiger partial charge is 0.338 e. The summed E-state index contributed by atoms with van der Waals surface area (Å²) in [6.45, 7) is 0. The van der Waals surface area contributed by atoms with Crippen molar-refractivity contribution >= 4 is 6.29 Å². The van der Waals surface area contributed by atoms with Gasteiger partial charge in [-0.2, -0.15) is 0 Å². The molecular formula is C11H9NO3. The second kappa shape index (κ2) is 3.96. The number of carbonyl (C=O) groups excluding carboxylic acids is 1. The average Bonchev–Trinajstić information content (AvgIpc) is 2.61. The van der Waals surface area contributed by atoms with Crippen LogP contribution in [0.3, 0.4) is 0 Å². The molecule has 1 heterocycles. The lowest BCUT2D eigenvalue weighted by Gasteiger charge is -1.97. The van der Waals surface area contributed by atoms with E-state index in [0.29, 0.717) is 18.4 Å². The van der Waals surface area contributed by atoms with E-state index < -0.39 is 5.63 Å². The molecule has 2 rings (SSSR count). The van der Waals surface area contributed by atoms with Crippen LogP contribution < -0.4 is 5.63 Å². The Balaban J connectivity index is 2.32. The molecule has 1 aromatic carbocycles. The Morgan fingerprint density at radius 2 is 2.00 bits per heavy atom. The van der Waals surface area contributed by atoms with Gasteiger partial charge in [-0.1, -0.05) is 30.3 Å². The quantitative estimate of drug-likeness (QED) is 0.766. The van der Waals surface area contributed by atoms with Crippen LogP contribution in [-0.2, 0) is 6.42 Å². The molecule has 0 amide bonds. The van der Waals surface area contributed by atoms with Crippen LogP contribution in [0.5, 0.6) is 0 Å². The summed E-state index contributed by atoms with van der Waals surface area (Å²) in [7, 11) is 0. The van der Waals surface area contributed by atoms with Gasteiger partial charge in [0, 0.05) is 6.42 Å². The summed E-state index contributed by atoms with van der Waals surface area (Å²) in [6.07, 6.45) is 1.00. The molecule has 76 valence electrons. The second-order valence-corrected chi connectivity index (χ2v) is 3.16. The maximum absolute atomic E-state index is 11.0. The van der Waals surface area contributed by atoms with Crippen molar-refractivity contribution in [3.8, 4) is 0 Å². The Morgan fingerprint density at radius 1 is 1.27 bits per heavy atom. The van der Waals surface area contributed by atoms with E-state index in [1.54, 1.807) is 0 Å². The molecular weight excluding hydrogens is 194 g/mol. The van der Waals surface area contributed by atoms with Gasteiger partial charge in [0.1, 0.15) is 5.56 Å². The summed E-state index contributed by atoms with van der Waals surface area (Å²) in [5, 5.41) is 2.45. The molecule has 0 bridgehead atoms. The topological polar surface area (TPSA) is 63.1 Å². The lowest BCUT2D eigenvalue weighted by Crippen LogP contribution is -2.02. The SMILES string of the molecule is O=Cc1c(Cc2ccccc2)[nH]oc1=O. The van der Waals surface area contributed by atoms with E-state index in [1.807, 2.05) is 30.3 Å². The number of aromatic nitrogens is 1. The van der Waals surface area contributed by atoms with Crippen molar-refractivity contribution in [2.24, 2.45) is 0 Å². The van der Waals surface area contributed by atoms with Gasteiger partial charge in [-0.15, -0.1) is 0 Å². The van der Waals surface area contributed by atoms with Crippen molar-refractivity contribution in [2.75, 3.05) is 0 Å². The van der Waals surface area contributed by atoms with Crippen LogP contribution in [0, 0.1) is 0 Å². The summed E-state index contributed by atoms with van der Waals surface area (Å²) in [4.78, 5) is 21.7. The highest BCUT2D eigenvalue weighted by Gasteiger charge is 2.10. The zero-order valence-corrected chi connectivity index (χ0v) is 7.90. The molecule has 1 N–H and O–H groups in total. The fourth-order valence-electron chi connectivity index (χ4n) is 1.39. The van der Waals surface area contributed by atoms with E-state index in [2.05, 4.69) is 9.68 Å². The summed E-state index contributed by atoms with van der Waals surface area (Å²) in [5.41, 5.74) is 0.980. The minimum absolute atomic E-state index is 0.0684. The lowest BCUT2D eigenvalue weighted by molar-refractivity contribution is 0.112. The van der Waals surface area contributed by atoms with Crippen LogP contribution in [0.1, 0.15) is 21.6 Å². The van der Waals surface area contributed by atoms with E-state index in [9.17, 15) is 9.59 Å². The van der Waals surface area contributed by atoms with Crippen LogP contribution in [0.15, 0.2) is 39.6 Å². The highest BCUT2D eigenvalue weighted by molar-refractivity contribution is 5.75. The van der Waals surface area contributed by atoms with E-state index in [0.717, 1.165) is 5.56 Å². The van der Waals surface area contributed by atoms with Gasteiger partial charge in [-0.25, -0.2) is 9.95 Å². The first-order valence-electron chi connectivity index (χ1n) is 4.50. The average molecular weight is 203 g/mol. The molecule has 0 saturated heterocycles. The number of nitrogens with one attached hydrogen (secondary N) is 1. The normalized spacial score (nSPS) is 10.1. The molecule has 15 heavy (non-hydrogen) atoms. The second-order valence-electron chi connectivity index (χ2n) is 3.16. The monoisotopic (exact) mass is 203 g/mol. The van der Waals surface area contributed by atoms with Crippen molar-refractivity contribution in [3.63, 3.8) is 0 Å². The molecule has 0 aliphatic rings. The number of H-pyrrole nitrogens is 1. The minimum Gasteiger partial charge on any atom is -0.338 e. The fourth-order valence-corrected chi connectivity index (χ4v) is 1.39. The third-order valence-electron chi connectivity index (χ3n) is 2.15. The molecule has 1 aromatic heterocycles. The largest absolute Gasteiger partial charge is 0.367 e. The van der Waals surface area contributed by atoms with E-state index in [-0.39, 0.29) is 5.56 Å². The first-order valence-corrected chi connectivity index (χ1v) is 4.50. The Hall–Kier alpha value is -2.10. The number of benzene rings is 1. The zero-order valence-electron chi connectivity index (χ0n) is 7.90. The van der Waals surface area contributed by atoms with Crippen LogP contribution in [0.2, 0.25) is 0 Å². The minimum atomic E-state index is -0.615. The predicted molar refractivity (Wildman–Crippen MR) is 54.0 cm³/mol. The van der Waals surface area contributed by atoms with Crippen LogP contribution in [0.25, 0.3) is 0 Å². The molecule has 0 unspecified atom stereocenters. The maximum Gasteiger partial charge on any atom is 0.367 e. The highest BCUT2D eigenvalue weighted by Crippen LogP contribution is 2.07.